The molecule has 0 saturated carbocycles. The number of carbonyl (C=O) groups is 3. The molecule has 0 aliphatic carbocycles. The van der Waals surface area contributed by atoms with E-state index in [1.54, 1.807) is 19.1 Å². The van der Waals surface area contributed by atoms with E-state index in [0.29, 0.717) is 28.7 Å². The molecular formula is C20H25N3O7. The van der Waals surface area contributed by atoms with Crippen molar-refractivity contribution in [2.24, 2.45) is 5.73 Å². The molecule has 0 unspecified atom stereocenters. The molecule has 10 heteroatoms. The van der Waals surface area contributed by atoms with E-state index in [0.717, 1.165) is 5.56 Å². The Bertz CT molecular complexity index is 1030. The first kappa shape index (κ1) is 22.7. The van der Waals surface area contributed by atoms with Gasteiger partial charge < -0.3 is 30.6 Å². The third-order valence-electron chi connectivity index (χ3n) is 4.65. The highest BCUT2D eigenvalue weighted by atomic mass is 16.5. The first-order chi connectivity index (χ1) is 14.1. The highest BCUT2D eigenvalue weighted by Gasteiger charge is 2.22. The van der Waals surface area contributed by atoms with Crippen LogP contribution in [0.2, 0.25) is 0 Å². The van der Waals surface area contributed by atoms with E-state index in [1.165, 1.54) is 7.11 Å². The highest BCUT2D eigenvalue weighted by Crippen LogP contribution is 2.30. The van der Waals surface area contributed by atoms with Gasteiger partial charge in [-0.05, 0) is 49.9 Å². The van der Waals surface area contributed by atoms with Crippen molar-refractivity contribution >= 4 is 28.9 Å². The molecule has 0 fully saturated rings. The molecule has 1 aromatic heterocycles. The zero-order chi connectivity index (χ0) is 22.4. The van der Waals surface area contributed by atoms with E-state index in [-0.39, 0.29) is 24.9 Å². The summed E-state index contributed by atoms with van der Waals surface area (Å²) in [4.78, 5) is 47.0. The van der Waals surface area contributed by atoms with Crippen molar-refractivity contribution in [3.05, 3.63) is 39.2 Å². The lowest BCUT2D eigenvalue weighted by molar-refractivity contribution is -0.141. The number of nitrogens with one attached hydrogen (secondary N) is 2. The second-order valence-electron chi connectivity index (χ2n) is 6.90. The van der Waals surface area contributed by atoms with Crippen LogP contribution in [0.25, 0.3) is 11.0 Å². The van der Waals surface area contributed by atoms with Crippen LogP contribution in [0.4, 0.5) is 4.79 Å². The van der Waals surface area contributed by atoms with Gasteiger partial charge in [0.1, 0.15) is 17.4 Å². The molecule has 1 atom stereocenters. The van der Waals surface area contributed by atoms with E-state index in [2.05, 4.69) is 10.6 Å². The smallest absolute Gasteiger partial charge is 0.340 e. The lowest BCUT2D eigenvalue weighted by atomic mass is 10.0. The maximum Gasteiger partial charge on any atom is 0.340 e. The SMILES string of the molecule is COc1cc(C)cc2oc(=O)c(CC(=O)N[C@H](CCCNC(N)=O)C(=O)O)c(C)c12. The minimum Gasteiger partial charge on any atom is -0.496 e. The lowest BCUT2D eigenvalue weighted by Crippen LogP contribution is -2.42. The number of amides is 3. The Balaban J connectivity index is 2.21. The summed E-state index contributed by atoms with van der Waals surface area (Å²) in [5.41, 5.74) is 6.14. The number of hydrogen-bond acceptors (Lipinski definition) is 6. The number of benzene rings is 1. The van der Waals surface area contributed by atoms with E-state index < -0.39 is 29.6 Å². The second-order valence-corrected chi connectivity index (χ2v) is 6.90. The van der Waals surface area contributed by atoms with Gasteiger partial charge in [-0.1, -0.05) is 0 Å². The summed E-state index contributed by atoms with van der Waals surface area (Å²) in [5.74, 6) is -1.34. The van der Waals surface area contributed by atoms with Crippen LogP contribution >= 0.6 is 0 Å². The molecule has 2 aromatic rings. The second kappa shape index (κ2) is 9.77. The molecule has 0 aliphatic heterocycles. The number of rotatable bonds is 9. The fourth-order valence-corrected chi connectivity index (χ4v) is 3.18. The summed E-state index contributed by atoms with van der Waals surface area (Å²) in [6, 6.07) is 1.61. The molecule has 2 rings (SSSR count). The first-order valence-electron chi connectivity index (χ1n) is 9.30. The van der Waals surface area contributed by atoms with E-state index in [4.69, 9.17) is 14.9 Å². The van der Waals surface area contributed by atoms with Gasteiger partial charge in [-0.25, -0.2) is 14.4 Å². The van der Waals surface area contributed by atoms with Gasteiger partial charge in [0.25, 0.3) is 0 Å². The Hall–Kier alpha value is -3.56. The fraction of sp³-hybridized carbons (Fsp3) is 0.400. The van der Waals surface area contributed by atoms with Gasteiger partial charge in [0, 0.05) is 6.54 Å². The molecule has 0 radical (unpaired) electrons. The van der Waals surface area contributed by atoms with Crippen LogP contribution < -0.4 is 26.7 Å². The number of fused-ring (bicyclic) bond motifs is 1. The molecule has 0 spiro atoms. The van der Waals surface area contributed by atoms with Crippen molar-refractivity contribution in [1.29, 1.82) is 0 Å². The van der Waals surface area contributed by atoms with Gasteiger partial charge in [0.2, 0.25) is 5.91 Å². The Morgan fingerprint density at radius 3 is 2.57 bits per heavy atom. The summed E-state index contributed by atoms with van der Waals surface area (Å²) >= 11 is 0. The third kappa shape index (κ3) is 5.49. The molecule has 10 nitrogen and oxygen atoms in total. The van der Waals surface area contributed by atoms with Crippen molar-refractivity contribution in [2.45, 2.75) is 39.2 Å². The quantitative estimate of drug-likeness (QED) is 0.348. The zero-order valence-electron chi connectivity index (χ0n) is 17.0. The number of urea groups is 1. The standard InChI is InChI=1S/C20H25N3O7/c1-10-7-14(29-3)17-11(2)12(19(27)30-15(17)8-10)9-16(24)23-13(18(25)26)5-4-6-22-20(21)28/h7-8,13H,4-6,9H2,1-3H3,(H,23,24)(H,25,26)(H3,21,22,28)/t13-/m1/s1. The molecule has 0 saturated heterocycles. The molecule has 0 bridgehead atoms. The highest BCUT2D eigenvalue weighted by molar-refractivity contribution is 5.90. The van der Waals surface area contributed by atoms with Crippen molar-refractivity contribution in [3.8, 4) is 5.75 Å². The Kier molecular flexibility index (Phi) is 7.40. The minimum absolute atomic E-state index is 0.0831. The normalized spacial score (nSPS) is 11.7. The molecule has 3 amide bonds. The number of ether oxygens (including phenoxy) is 1. The molecule has 162 valence electrons. The third-order valence-corrected chi connectivity index (χ3v) is 4.65. The van der Waals surface area contributed by atoms with Crippen LogP contribution in [0.1, 0.15) is 29.5 Å². The summed E-state index contributed by atoms with van der Waals surface area (Å²) in [5, 5.41) is 14.6. The van der Waals surface area contributed by atoms with Crippen molar-refractivity contribution in [2.75, 3.05) is 13.7 Å². The molecule has 5 N–H and O–H groups in total. The van der Waals surface area contributed by atoms with Gasteiger partial charge in [-0.15, -0.1) is 0 Å². The largest absolute Gasteiger partial charge is 0.496 e. The van der Waals surface area contributed by atoms with Crippen molar-refractivity contribution < 1.29 is 28.6 Å². The molecule has 30 heavy (non-hydrogen) atoms. The summed E-state index contributed by atoms with van der Waals surface area (Å²) < 4.78 is 10.7. The maximum atomic E-state index is 12.4. The van der Waals surface area contributed by atoms with Crippen molar-refractivity contribution in [3.63, 3.8) is 0 Å². The first-order valence-corrected chi connectivity index (χ1v) is 9.30. The predicted molar refractivity (Wildman–Crippen MR) is 109 cm³/mol. The van der Waals surface area contributed by atoms with Gasteiger partial charge in [-0.2, -0.15) is 0 Å². The number of carboxylic acids is 1. The number of carboxylic acid groups (broad SMARTS) is 1. The summed E-state index contributed by atoms with van der Waals surface area (Å²) in [6.07, 6.45) is 0.0398. The molecule has 1 aromatic carbocycles. The van der Waals surface area contributed by atoms with Crippen LogP contribution in [0, 0.1) is 13.8 Å². The maximum absolute atomic E-state index is 12.4. The number of primary amides is 1. The van der Waals surface area contributed by atoms with E-state index in [1.807, 2.05) is 6.92 Å². The van der Waals surface area contributed by atoms with Gasteiger partial charge in [-0.3, -0.25) is 4.79 Å². The van der Waals surface area contributed by atoms with E-state index in [9.17, 15) is 24.3 Å². The zero-order valence-corrected chi connectivity index (χ0v) is 17.0. The van der Waals surface area contributed by atoms with Gasteiger partial charge >= 0.3 is 17.6 Å². The number of hydrogen-bond donors (Lipinski definition) is 4. The monoisotopic (exact) mass is 419 g/mol. The van der Waals surface area contributed by atoms with Crippen LogP contribution in [0.5, 0.6) is 5.75 Å². The lowest BCUT2D eigenvalue weighted by Gasteiger charge is -2.15. The minimum atomic E-state index is -1.22. The van der Waals surface area contributed by atoms with E-state index >= 15 is 0 Å². The summed E-state index contributed by atoms with van der Waals surface area (Å²) in [6.45, 7) is 3.70. The van der Waals surface area contributed by atoms with Crippen LogP contribution in [-0.2, 0) is 16.0 Å². The Morgan fingerprint density at radius 1 is 1.27 bits per heavy atom. The molecular weight excluding hydrogens is 394 g/mol. The Morgan fingerprint density at radius 2 is 1.97 bits per heavy atom. The average Bonchev–Trinajstić information content (AvgIpc) is 2.66. The number of nitrogens with two attached hydrogens (primary N) is 1. The molecule has 0 aliphatic rings. The van der Waals surface area contributed by atoms with Crippen LogP contribution in [-0.4, -0.2) is 42.7 Å². The fourth-order valence-electron chi connectivity index (χ4n) is 3.18. The predicted octanol–water partition coefficient (Wildman–Crippen LogP) is 0.979. The van der Waals surface area contributed by atoms with Crippen LogP contribution in [0.15, 0.2) is 21.3 Å². The van der Waals surface area contributed by atoms with Gasteiger partial charge in [0.05, 0.1) is 24.5 Å². The Labute approximate surface area is 172 Å². The number of aryl methyl sites for hydroxylation is 2. The number of methoxy groups -OCH3 is 1. The van der Waals surface area contributed by atoms with Crippen LogP contribution in [0.3, 0.4) is 0 Å². The summed E-state index contributed by atoms with van der Waals surface area (Å²) in [7, 11) is 1.50. The topological polar surface area (TPSA) is 161 Å². The number of aliphatic carboxylic acids is 1. The van der Waals surface area contributed by atoms with Gasteiger partial charge in [0.15, 0.2) is 0 Å². The van der Waals surface area contributed by atoms with Crippen molar-refractivity contribution in [1.82, 2.24) is 10.6 Å². The number of carbonyl (C=O) groups excluding carboxylic acids is 2. The molecule has 1 heterocycles. The average molecular weight is 419 g/mol.